The maximum Gasteiger partial charge on any atom is 0.319 e. The molecule has 3 aromatic rings. The Kier molecular flexibility index (Phi) is 6.11. The maximum atomic E-state index is 12.1. The molecule has 0 saturated heterocycles. The smallest absolute Gasteiger partial charge is 0.319 e. The Morgan fingerprint density at radius 3 is 2.73 bits per heavy atom. The van der Waals surface area contributed by atoms with Crippen molar-refractivity contribution in [3.63, 3.8) is 0 Å². The number of nitrogens with zero attached hydrogens (tertiary/aromatic N) is 2. The van der Waals surface area contributed by atoms with E-state index in [9.17, 15) is 4.79 Å². The van der Waals surface area contributed by atoms with Crippen molar-refractivity contribution < 1.29 is 14.3 Å². The van der Waals surface area contributed by atoms with Gasteiger partial charge in [0, 0.05) is 10.9 Å². The van der Waals surface area contributed by atoms with Gasteiger partial charge in [0.1, 0.15) is 27.2 Å². The topological polar surface area (TPSA) is 61.3 Å². The van der Waals surface area contributed by atoms with Crippen molar-refractivity contribution >= 4 is 39.3 Å². The van der Waals surface area contributed by atoms with Gasteiger partial charge in [-0.1, -0.05) is 30.8 Å². The highest BCUT2D eigenvalue weighted by molar-refractivity contribution is 8.00. The number of carbonyl (C=O) groups excluding carboxylic acids is 1. The molecule has 0 spiro atoms. The van der Waals surface area contributed by atoms with Crippen LogP contribution in [0.2, 0.25) is 0 Å². The number of ether oxygens (including phenoxy) is 2. The van der Waals surface area contributed by atoms with Crippen LogP contribution in [-0.4, -0.2) is 34.9 Å². The molecular formula is C19H20N2O3S2. The summed E-state index contributed by atoms with van der Waals surface area (Å²) in [5.74, 6) is 0.594. The average Bonchev–Trinajstić information content (AvgIpc) is 3.11. The largest absolute Gasteiger partial charge is 0.497 e. The van der Waals surface area contributed by atoms with Crippen molar-refractivity contribution in [2.75, 3.05) is 13.7 Å². The number of benzene rings is 1. The second kappa shape index (κ2) is 8.51. The Morgan fingerprint density at radius 1 is 1.27 bits per heavy atom. The van der Waals surface area contributed by atoms with Gasteiger partial charge in [-0.3, -0.25) is 4.79 Å². The Balaban J connectivity index is 1.93. The van der Waals surface area contributed by atoms with E-state index in [1.807, 2.05) is 38.1 Å². The molecule has 0 saturated carbocycles. The standard InChI is InChI=1S/C19H20N2O3S2/c1-4-9-24-19(22)12(2)26-18-16-15(10-25-17(16)20-11-21-18)13-5-7-14(23-3)8-6-13/h5-8,10-12H,4,9H2,1-3H3/t12-/m0/s1. The van der Waals surface area contributed by atoms with E-state index < -0.39 is 0 Å². The van der Waals surface area contributed by atoms with Crippen LogP contribution in [0.5, 0.6) is 5.75 Å². The van der Waals surface area contributed by atoms with Crippen LogP contribution in [0.3, 0.4) is 0 Å². The molecule has 26 heavy (non-hydrogen) atoms. The summed E-state index contributed by atoms with van der Waals surface area (Å²) in [6, 6.07) is 7.89. The fourth-order valence-electron chi connectivity index (χ4n) is 2.46. The molecule has 0 unspecified atom stereocenters. The number of carbonyl (C=O) groups is 1. The highest BCUT2D eigenvalue weighted by atomic mass is 32.2. The number of rotatable bonds is 7. The molecule has 0 bridgehead atoms. The zero-order valence-corrected chi connectivity index (χ0v) is 16.5. The second-order valence-corrected chi connectivity index (χ2v) is 7.85. The normalized spacial score (nSPS) is 12.1. The van der Waals surface area contributed by atoms with Crippen LogP contribution in [0.4, 0.5) is 0 Å². The molecular weight excluding hydrogens is 368 g/mol. The maximum absolute atomic E-state index is 12.1. The van der Waals surface area contributed by atoms with E-state index in [4.69, 9.17) is 9.47 Å². The van der Waals surface area contributed by atoms with Gasteiger partial charge in [-0.15, -0.1) is 11.3 Å². The van der Waals surface area contributed by atoms with E-state index >= 15 is 0 Å². The lowest BCUT2D eigenvalue weighted by molar-refractivity contribution is -0.142. The monoisotopic (exact) mass is 388 g/mol. The van der Waals surface area contributed by atoms with Crippen LogP contribution < -0.4 is 4.74 Å². The van der Waals surface area contributed by atoms with E-state index in [0.717, 1.165) is 38.5 Å². The Hall–Kier alpha value is -2.12. The van der Waals surface area contributed by atoms with Crippen LogP contribution >= 0.6 is 23.1 Å². The summed E-state index contributed by atoms with van der Waals surface area (Å²) >= 11 is 2.98. The van der Waals surface area contributed by atoms with Gasteiger partial charge in [-0.2, -0.15) is 0 Å². The van der Waals surface area contributed by atoms with Gasteiger partial charge in [0.25, 0.3) is 0 Å². The Bertz CT molecular complexity index is 893. The molecule has 1 atom stereocenters. The molecule has 1 aromatic carbocycles. The summed E-state index contributed by atoms with van der Waals surface area (Å²) < 4.78 is 10.5. The van der Waals surface area contributed by atoms with Crippen molar-refractivity contribution in [1.29, 1.82) is 0 Å². The third-order valence-corrected chi connectivity index (χ3v) is 5.77. The molecule has 0 N–H and O–H groups in total. The predicted molar refractivity (Wildman–Crippen MR) is 106 cm³/mol. The number of fused-ring (bicyclic) bond motifs is 1. The fourth-order valence-corrected chi connectivity index (χ4v) is 4.37. The van der Waals surface area contributed by atoms with Gasteiger partial charge >= 0.3 is 5.97 Å². The Labute approximate surface area is 160 Å². The first-order valence-corrected chi connectivity index (χ1v) is 10.1. The quantitative estimate of drug-likeness (QED) is 0.329. The van der Waals surface area contributed by atoms with E-state index in [-0.39, 0.29) is 11.2 Å². The molecule has 0 aliphatic heterocycles. The third kappa shape index (κ3) is 3.99. The highest BCUT2D eigenvalue weighted by Gasteiger charge is 2.20. The minimum Gasteiger partial charge on any atom is -0.497 e. The van der Waals surface area contributed by atoms with Crippen molar-refractivity contribution in [2.45, 2.75) is 30.5 Å². The fraction of sp³-hybridized carbons (Fsp3) is 0.316. The summed E-state index contributed by atoms with van der Waals surface area (Å²) in [4.78, 5) is 21.8. The molecule has 0 radical (unpaired) electrons. The summed E-state index contributed by atoms with van der Waals surface area (Å²) in [7, 11) is 1.65. The lowest BCUT2D eigenvalue weighted by atomic mass is 10.1. The highest BCUT2D eigenvalue weighted by Crippen LogP contribution is 2.39. The van der Waals surface area contributed by atoms with E-state index in [1.165, 1.54) is 11.8 Å². The first-order valence-electron chi connectivity index (χ1n) is 8.34. The summed E-state index contributed by atoms with van der Waals surface area (Å²) in [5.41, 5.74) is 2.12. The van der Waals surface area contributed by atoms with E-state index in [0.29, 0.717) is 6.61 Å². The Morgan fingerprint density at radius 2 is 2.04 bits per heavy atom. The van der Waals surface area contributed by atoms with Crippen LogP contribution in [0, 0.1) is 0 Å². The molecule has 3 rings (SSSR count). The number of hydrogen-bond acceptors (Lipinski definition) is 7. The van der Waals surface area contributed by atoms with Gasteiger partial charge < -0.3 is 9.47 Å². The van der Waals surface area contributed by atoms with Crippen LogP contribution in [0.25, 0.3) is 21.3 Å². The zero-order valence-electron chi connectivity index (χ0n) is 14.9. The first-order chi connectivity index (χ1) is 12.6. The third-order valence-electron chi connectivity index (χ3n) is 3.81. The van der Waals surface area contributed by atoms with E-state index in [2.05, 4.69) is 15.3 Å². The van der Waals surface area contributed by atoms with Gasteiger partial charge in [-0.25, -0.2) is 9.97 Å². The van der Waals surface area contributed by atoms with Gasteiger partial charge in [0.05, 0.1) is 19.1 Å². The van der Waals surface area contributed by atoms with Crippen LogP contribution in [-0.2, 0) is 9.53 Å². The van der Waals surface area contributed by atoms with Crippen molar-refractivity contribution in [3.05, 3.63) is 36.0 Å². The molecule has 136 valence electrons. The lowest BCUT2D eigenvalue weighted by Gasteiger charge is -2.11. The van der Waals surface area contributed by atoms with Gasteiger partial charge in [0.2, 0.25) is 0 Å². The molecule has 5 nitrogen and oxygen atoms in total. The first kappa shape index (κ1) is 18.7. The number of methoxy groups -OCH3 is 1. The van der Waals surface area contributed by atoms with Crippen molar-refractivity contribution in [3.8, 4) is 16.9 Å². The minimum absolute atomic E-state index is 0.218. The number of esters is 1. The number of thioether (sulfide) groups is 1. The SMILES string of the molecule is CCCOC(=O)[C@H](C)Sc1ncnc2scc(-c3ccc(OC)cc3)c12. The number of hydrogen-bond donors (Lipinski definition) is 0. The molecule has 7 heteroatoms. The van der Waals surface area contributed by atoms with Gasteiger partial charge in [0.15, 0.2) is 0 Å². The van der Waals surface area contributed by atoms with Crippen LogP contribution in [0.1, 0.15) is 20.3 Å². The average molecular weight is 389 g/mol. The predicted octanol–water partition coefficient (Wildman–Crippen LogP) is 4.80. The second-order valence-electron chi connectivity index (χ2n) is 5.66. The van der Waals surface area contributed by atoms with Crippen molar-refractivity contribution in [2.24, 2.45) is 0 Å². The molecule has 0 aliphatic rings. The minimum atomic E-state index is -0.330. The molecule has 0 fully saturated rings. The van der Waals surface area contributed by atoms with Crippen LogP contribution in [0.15, 0.2) is 41.0 Å². The van der Waals surface area contributed by atoms with E-state index in [1.54, 1.807) is 24.8 Å². The summed E-state index contributed by atoms with van der Waals surface area (Å²) in [5, 5.41) is 3.51. The lowest BCUT2D eigenvalue weighted by Crippen LogP contribution is -2.17. The number of thiophene rings is 1. The molecule has 0 aliphatic carbocycles. The molecule has 0 amide bonds. The summed E-state index contributed by atoms with van der Waals surface area (Å²) in [6.07, 6.45) is 2.36. The number of aromatic nitrogens is 2. The molecule has 2 heterocycles. The summed E-state index contributed by atoms with van der Waals surface area (Å²) in [6.45, 7) is 4.26. The molecule has 2 aromatic heterocycles. The van der Waals surface area contributed by atoms with Crippen molar-refractivity contribution in [1.82, 2.24) is 9.97 Å². The zero-order chi connectivity index (χ0) is 18.5. The van der Waals surface area contributed by atoms with Gasteiger partial charge in [-0.05, 0) is 31.0 Å².